The molecule has 0 saturated carbocycles. The third-order valence-electron chi connectivity index (χ3n) is 1.92. The van der Waals surface area contributed by atoms with Gasteiger partial charge in [0, 0.05) is 0 Å². The lowest BCUT2D eigenvalue weighted by Gasteiger charge is -2.07. The maximum Gasteiger partial charge on any atom is 0.201 e. The summed E-state index contributed by atoms with van der Waals surface area (Å²) in [5.74, 6) is -2.54. The Balaban J connectivity index is 3.25. The smallest absolute Gasteiger partial charge is 0.201 e. The Hall–Kier alpha value is -2.52. The van der Waals surface area contributed by atoms with Crippen LogP contribution >= 0.6 is 15.9 Å². The second-order valence-corrected chi connectivity index (χ2v) is 3.91. The molecule has 0 aliphatic heterocycles. The Bertz CT molecular complexity index is 655. The highest BCUT2D eigenvalue weighted by Crippen LogP contribution is 2.30. The second-order valence-electron chi connectivity index (χ2n) is 3.12. The number of hydrogen-bond acceptors (Lipinski definition) is 5. The van der Waals surface area contributed by atoms with E-state index in [1.54, 1.807) is 0 Å². The van der Waals surface area contributed by atoms with Gasteiger partial charge in [0.2, 0.25) is 5.71 Å². The molecule has 6 nitrogen and oxygen atoms in total. The van der Waals surface area contributed by atoms with E-state index in [9.17, 15) is 8.78 Å². The number of nitrogens with one attached hydrogen (secondary N) is 2. The minimum Gasteiger partial charge on any atom is -0.382 e. The molecule has 1 aromatic rings. The summed E-state index contributed by atoms with van der Waals surface area (Å²) in [4.78, 5) is 0. The van der Waals surface area contributed by atoms with Crippen molar-refractivity contribution in [2.75, 3.05) is 5.43 Å². The SMILES string of the molecule is N#C/C(=N\Nc1c(F)cc(C#N)c(F)c1Br)C(=N)N. The van der Waals surface area contributed by atoms with E-state index in [0.29, 0.717) is 6.07 Å². The molecule has 4 N–H and O–H groups in total. The number of hydrazone groups is 1. The van der Waals surface area contributed by atoms with Gasteiger partial charge in [-0.05, 0) is 22.0 Å². The van der Waals surface area contributed by atoms with E-state index in [2.05, 4.69) is 26.5 Å². The van der Waals surface area contributed by atoms with Crippen LogP contribution in [0.4, 0.5) is 14.5 Å². The predicted molar refractivity (Wildman–Crippen MR) is 67.4 cm³/mol. The minimum atomic E-state index is -0.970. The second kappa shape index (κ2) is 5.89. The molecule has 0 fully saturated rings. The van der Waals surface area contributed by atoms with Crippen molar-refractivity contribution >= 4 is 33.2 Å². The number of hydrogen-bond donors (Lipinski definition) is 3. The average Bonchev–Trinajstić information content (AvgIpc) is 2.37. The van der Waals surface area contributed by atoms with Crippen LogP contribution in [0.5, 0.6) is 0 Å². The number of rotatable bonds is 3. The topological polar surface area (TPSA) is 122 Å². The summed E-state index contributed by atoms with van der Waals surface area (Å²) < 4.78 is 26.8. The van der Waals surface area contributed by atoms with Crippen LogP contribution in [-0.4, -0.2) is 11.5 Å². The van der Waals surface area contributed by atoms with Gasteiger partial charge >= 0.3 is 0 Å². The summed E-state index contributed by atoms with van der Waals surface area (Å²) in [6, 6.07) is 3.66. The van der Waals surface area contributed by atoms with Gasteiger partial charge in [0.15, 0.2) is 17.5 Å². The fourth-order valence-electron chi connectivity index (χ4n) is 1.04. The lowest BCUT2D eigenvalue weighted by atomic mass is 10.2. The normalized spacial score (nSPS) is 10.5. The maximum atomic E-state index is 13.6. The summed E-state index contributed by atoms with van der Waals surface area (Å²) >= 11 is 2.77. The van der Waals surface area contributed by atoms with Crippen LogP contribution in [0.25, 0.3) is 0 Å². The molecule has 0 radical (unpaired) electrons. The van der Waals surface area contributed by atoms with Crippen LogP contribution in [0.3, 0.4) is 0 Å². The largest absolute Gasteiger partial charge is 0.382 e. The Morgan fingerprint density at radius 2 is 2.11 bits per heavy atom. The molecule has 1 rings (SSSR count). The van der Waals surface area contributed by atoms with E-state index in [4.69, 9.17) is 21.7 Å². The first kappa shape index (κ1) is 14.5. The summed E-state index contributed by atoms with van der Waals surface area (Å²) in [5.41, 5.74) is 5.73. The van der Waals surface area contributed by atoms with Crippen molar-refractivity contribution in [1.29, 1.82) is 15.9 Å². The van der Waals surface area contributed by atoms with Crippen LogP contribution < -0.4 is 11.2 Å². The van der Waals surface area contributed by atoms with Gasteiger partial charge in [-0.2, -0.15) is 15.6 Å². The summed E-state index contributed by atoms with van der Waals surface area (Å²) in [6.45, 7) is 0. The van der Waals surface area contributed by atoms with Crippen molar-refractivity contribution in [3.8, 4) is 12.1 Å². The van der Waals surface area contributed by atoms with Gasteiger partial charge in [-0.15, -0.1) is 0 Å². The summed E-state index contributed by atoms with van der Waals surface area (Å²) in [5, 5.41) is 27.5. The molecule has 96 valence electrons. The lowest BCUT2D eigenvalue weighted by Crippen LogP contribution is -2.22. The van der Waals surface area contributed by atoms with Gasteiger partial charge in [0.1, 0.15) is 17.8 Å². The fraction of sp³-hybridized carbons (Fsp3) is 0. The van der Waals surface area contributed by atoms with Crippen LogP contribution in [0.2, 0.25) is 0 Å². The van der Waals surface area contributed by atoms with Crippen LogP contribution in [0.15, 0.2) is 15.6 Å². The molecule has 0 aliphatic rings. The zero-order valence-corrected chi connectivity index (χ0v) is 10.7. The average molecular weight is 327 g/mol. The molecule has 1 aromatic carbocycles. The fourth-order valence-corrected chi connectivity index (χ4v) is 1.53. The van der Waals surface area contributed by atoms with Crippen LogP contribution in [-0.2, 0) is 0 Å². The van der Waals surface area contributed by atoms with Gasteiger partial charge < -0.3 is 5.73 Å². The van der Waals surface area contributed by atoms with Crippen molar-refractivity contribution < 1.29 is 8.78 Å². The molecule has 0 heterocycles. The van der Waals surface area contributed by atoms with Crippen molar-refractivity contribution in [3.05, 3.63) is 27.7 Å². The highest BCUT2D eigenvalue weighted by atomic mass is 79.9. The Labute approximate surface area is 114 Å². The van der Waals surface area contributed by atoms with Gasteiger partial charge in [-0.25, -0.2) is 8.78 Å². The van der Waals surface area contributed by atoms with E-state index in [0.717, 1.165) is 0 Å². The van der Waals surface area contributed by atoms with E-state index in [1.807, 2.05) is 0 Å². The molecule has 0 aliphatic carbocycles. The Kier molecular flexibility index (Phi) is 4.51. The van der Waals surface area contributed by atoms with E-state index < -0.39 is 34.4 Å². The molecule has 0 aromatic heterocycles. The van der Waals surface area contributed by atoms with Gasteiger partial charge in [-0.1, -0.05) is 0 Å². The number of anilines is 1. The first-order valence-electron chi connectivity index (χ1n) is 4.58. The monoisotopic (exact) mass is 326 g/mol. The summed E-state index contributed by atoms with van der Waals surface area (Å²) in [6.07, 6.45) is 0. The molecule has 0 spiro atoms. The number of halogens is 3. The van der Waals surface area contributed by atoms with Crippen molar-refractivity contribution in [3.63, 3.8) is 0 Å². The molecule has 9 heteroatoms. The molecular weight excluding hydrogens is 322 g/mol. The molecule has 0 saturated heterocycles. The first-order valence-corrected chi connectivity index (χ1v) is 5.37. The Morgan fingerprint density at radius 3 is 2.58 bits per heavy atom. The lowest BCUT2D eigenvalue weighted by molar-refractivity contribution is 0.593. The van der Waals surface area contributed by atoms with Gasteiger partial charge in [-0.3, -0.25) is 10.8 Å². The standard InChI is InChI=1S/C10H5BrF2N6/c11-7-8(13)4(2-14)1-5(12)9(7)19-18-6(3-15)10(16)17/h1,19H,(H3,16,17)/b18-6+. The third-order valence-corrected chi connectivity index (χ3v) is 2.66. The minimum absolute atomic E-state index is 0.353. The van der Waals surface area contributed by atoms with Crippen molar-refractivity contribution in [2.24, 2.45) is 10.8 Å². The van der Waals surface area contributed by atoms with Crippen LogP contribution in [0.1, 0.15) is 5.56 Å². The highest BCUT2D eigenvalue weighted by molar-refractivity contribution is 9.10. The molecule has 0 unspecified atom stereocenters. The first-order chi connectivity index (χ1) is 8.92. The molecule has 0 bridgehead atoms. The quantitative estimate of drug-likeness (QED) is 0.339. The van der Waals surface area contributed by atoms with Gasteiger partial charge in [0.05, 0.1) is 10.0 Å². The number of nitrogens with two attached hydrogens (primary N) is 1. The van der Waals surface area contributed by atoms with Crippen molar-refractivity contribution in [1.82, 2.24) is 0 Å². The van der Waals surface area contributed by atoms with Gasteiger partial charge in [0.25, 0.3) is 0 Å². The predicted octanol–water partition coefficient (Wildman–Crippen LogP) is 1.83. The number of nitrogens with zero attached hydrogens (tertiary/aromatic N) is 3. The molecular formula is C10H5BrF2N6. The zero-order chi connectivity index (χ0) is 14.6. The maximum absolute atomic E-state index is 13.6. The highest BCUT2D eigenvalue weighted by Gasteiger charge is 2.16. The number of nitriles is 2. The molecule has 0 amide bonds. The zero-order valence-electron chi connectivity index (χ0n) is 9.13. The molecule has 19 heavy (non-hydrogen) atoms. The summed E-state index contributed by atoms with van der Waals surface area (Å²) in [7, 11) is 0. The number of amidine groups is 1. The Morgan fingerprint density at radius 1 is 1.47 bits per heavy atom. The van der Waals surface area contributed by atoms with Crippen molar-refractivity contribution in [2.45, 2.75) is 0 Å². The van der Waals surface area contributed by atoms with E-state index >= 15 is 0 Å². The van der Waals surface area contributed by atoms with Crippen LogP contribution in [0, 0.1) is 39.7 Å². The third kappa shape index (κ3) is 3.03. The molecule has 0 atom stereocenters. The number of benzene rings is 1. The van der Waals surface area contributed by atoms with E-state index in [-0.39, 0.29) is 4.47 Å². The van der Waals surface area contributed by atoms with E-state index in [1.165, 1.54) is 12.1 Å².